The van der Waals surface area contributed by atoms with Crippen LogP contribution in [0.5, 0.6) is 5.75 Å². The molecule has 2 aliphatic rings. The van der Waals surface area contributed by atoms with Gasteiger partial charge < -0.3 is 24.3 Å². The van der Waals surface area contributed by atoms with E-state index in [0.29, 0.717) is 46.0 Å². The summed E-state index contributed by atoms with van der Waals surface area (Å²) >= 11 is 0. The molecule has 248 valence electrons. The van der Waals surface area contributed by atoms with Crippen molar-refractivity contribution in [2.24, 2.45) is 11.8 Å². The van der Waals surface area contributed by atoms with Crippen molar-refractivity contribution in [2.75, 3.05) is 72.4 Å². The molecule has 7 nitrogen and oxygen atoms in total. The highest BCUT2D eigenvalue weighted by molar-refractivity contribution is 5.88. The van der Waals surface area contributed by atoms with Gasteiger partial charge in [0.1, 0.15) is 11.5 Å². The van der Waals surface area contributed by atoms with Crippen molar-refractivity contribution in [3.05, 3.63) is 114 Å². The lowest BCUT2D eigenvalue weighted by molar-refractivity contribution is -0.124. The van der Waals surface area contributed by atoms with Crippen molar-refractivity contribution in [3.63, 3.8) is 0 Å². The molecule has 0 bridgehead atoms. The SMILES string of the molecule is O=C(Cc1ccc2ccccc2c1)C1CNCC(COCCN2CCOCC2)C1c1ccc(OCCCOCc2ccccc2)cc1. The number of nitrogens with one attached hydrogen (secondary N) is 1. The Kier molecular flexibility index (Phi) is 12.4. The van der Waals surface area contributed by atoms with Crippen LogP contribution in [-0.2, 0) is 32.0 Å². The predicted molar refractivity (Wildman–Crippen MR) is 186 cm³/mol. The first kappa shape index (κ1) is 33.3. The van der Waals surface area contributed by atoms with E-state index in [1.54, 1.807) is 0 Å². The average Bonchev–Trinajstić information content (AvgIpc) is 3.12. The Morgan fingerprint density at radius 3 is 2.40 bits per heavy atom. The molecule has 0 amide bonds. The summed E-state index contributed by atoms with van der Waals surface area (Å²) in [5.41, 5.74) is 3.41. The molecule has 2 fully saturated rings. The third kappa shape index (κ3) is 9.72. The second kappa shape index (κ2) is 17.5. The van der Waals surface area contributed by atoms with Crippen molar-refractivity contribution < 1.29 is 23.7 Å². The van der Waals surface area contributed by atoms with Crippen LogP contribution in [0.3, 0.4) is 0 Å². The molecule has 6 rings (SSSR count). The maximum Gasteiger partial charge on any atom is 0.142 e. The highest BCUT2D eigenvalue weighted by Gasteiger charge is 2.38. The fourth-order valence-corrected chi connectivity index (χ4v) is 6.82. The molecule has 2 heterocycles. The fraction of sp³-hybridized carbons (Fsp3) is 0.425. The van der Waals surface area contributed by atoms with Gasteiger partial charge in [0.15, 0.2) is 0 Å². The smallest absolute Gasteiger partial charge is 0.142 e. The van der Waals surface area contributed by atoms with Crippen molar-refractivity contribution in [1.82, 2.24) is 10.2 Å². The number of hydrogen-bond acceptors (Lipinski definition) is 7. The minimum absolute atomic E-state index is 0.0630. The lowest BCUT2D eigenvalue weighted by atomic mass is 9.72. The molecule has 4 aromatic rings. The minimum atomic E-state index is -0.142. The first-order chi connectivity index (χ1) is 23.2. The molecule has 0 radical (unpaired) electrons. The molecule has 4 aromatic carbocycles. The van der Waals surface area contributed by atoms with Gasteiger partial charge in [0, 0.05) is 63.3 Å². The highest BCUT2D eigenvalue weighted by atomic mass is 16.5. The van der Waals surface area contributed by atoms with E-state index >= 15 is 0 Å². The third-order valence-corrected chi connectivity index (χ3v) is 9.38. The Labute approximate surface area is 279 Å². The van der Waals surface area contributed by atoms with Crippen molar-refractivity contribution in [3.8, 4) is 5.75 Å². The van der Waals surface area contributed by atoms with Crippen LogP contribution in [0.25, 0.3) is 10.8 Å². The number of rotatable bonds is 16. The highest BCUT2D eigenvalue weighted by Crippen LogP contribution is 2.37. The zero-order valence-electron chi connectivity index (χ0n) is 27.4. The number of ketones is 1. The fourth-order valence-electron chi connectivity index (χ4n) is 6.82. The molecule has 3 atom stereocenters. The van der Waals surface area contributed by atoms with Gasteiger partial charge in [-0.15, -0.1) is 0 Å². The number of nitrogens with zero attached hydrogens (tertiary/aromatic N) is 1. The standard InChI is InChI=1S/C40H48N2O5/c43-39(26-32-11-12-33-9-4-5-10-35(33)25-32)38-28-41-27-36(30-46-24-19-42-17-22-44-23-18-42)40(38)34-13-15-37(16-14-34)47-21-6-20-45-29-31-7-2-1-3-8-31/h1-5,7-16,25,36,38,40-41H,6,17-24,26-30H2. The van der Waals surface area contributed by atoms with E-state index in [-0.39, 0.29) is 23.5 Å². The van der Waals surface area contributed by atoms with Crippen LogP contribution in [0, 0.1) is 11.8 Å². The van der Waals surface area contributed by atoms with Crippen LogP contribution in [0.4, 0.5) is 0 Å². The molecule has 47 heavy (non-hydrogen) atoms. The van der Waals surface area contributed by atoms with Crippen LogP contribution < -0.4 is 10.1 Å². The first-order valence-electron chi connectivity index (χ1n) is 17.2. The summed E-state index contributed by atoms with van der Waals surface area (Å²) < 4.78 is 23.6. The summed E-state index contributed by atoms with van der Waals surface area (Å²) in [5.74, 6) is 1.21. The lowest BCUT2D eigenvalue weighted by Crippen LogP contribution is -2.47. The number of piperidine rings is 1. The average molecular weight is 637 g/mol. The summed E-state index contributed by atoms with van der Waals surface area (Å²) in [6.07, 6.45) is 1.24. The normalized spacial score (nSPS) is 20.3. The zero-order valence-corrected chi connectivity index (χ0v) is 27.4. The Bertz CT molecular complexity index is 1520. The number of fused-ring (bicyclic) bond motifs is 1. The molecule has 3 unspecified atom stereocenters. The van der Waals surface area contributed by atoms with Crippen molar-refractivity contribution in [1.29, 1.82) is 0 Å². The minimum Gasteiger partial charge on any atom is -0.494 e. The van der Waals surface area contributed by atoms with Gasteiger partial charge in [-0.05, 0) is 39.6 Å². The van der Waals surface area contributed by atoms with Gasteiger partial charge in [-0.25, -0.2) is 0 Å². The quantitative estimate of drug-likeness (QED) is 0.154. The van der Waals surface area contributed by atoms with Crippen LogP contribution in [0.1, 0.15) is 29.0 Å². The van der Waals surface area contributed by atoms with Gasteiger partial charge in [-0.3, -0.25) is 9.69 Å². The lowest BCUT2D eigenvalue weighted by Gasteiger charge is -2.38. The molecule has 0 aliphatic carbocycles. The van der Waals surface area contributed by atoms with Gasteiger partial charge in [0.25, 0.3) is 0 Å². The van der Waals surface area contributed by atoms with Crippen molar-refractivity contribution in [2.45, 2.75) is 25.4 Å². The molecule has 1 N–H and O–H groups in total. The van der Waals surface area contributed by atoms with Crippen LogP contribution in [-0.4, -0.2) is 83.0 Å². The van der Waals surface area contributed by atoms with E-state index in [1.807, 2.05) is 42.5 Å². The van der Waals surface area contributed by atoms with E-state index < -0.39 is 0 Å². The van der Waals surface area contributed by atoms with Gasteiger partial charge >= 0.3 is 0 Å². The van der Waals surface area contributed by atoms with Gasteiger partial charge in [0.2, 0.25) is 0 Å². The molecular formula is C40H48N2O5. The van der Waals surface area contributed by atoms with E-state index in [9.17, 15) is 4.79 Å². The topological polar surface area (TPSA) is 69.3 Å². The van der Waals surface area contributed by atoms with E-state index in [4.69, 9.17) is 18.9 Å². The van der Waals surface area contributed by atoms with E-state index in [1.165, 1.54) is 21.9 Å². The number of benzene rings is 4. The molecule has 7 heteroatoms. The monoisotopic (exact) mass is 636 g/mol. The Hall–Kier alpha value is -3.59. The third-order valence-electron chi connectivity index (χ3n) is 9.38. The van der Waals surface area contributed by atoms with Gasteiger partial charge in [0.05, 0.1) is 46.2 Å². The summed E-state index contributed by atoms with van der Waals surface area (Å²) in [6.45, 7) is 9.04. The first-order valence-corrected chi connectivity index (χ1v) is 17.2. The second-order valence-corrected chi connectivity index (χ2v) is 12.7. The summed E-state index contributed by atoms with van der Waals surface area (Å²) in [5, 5.41) is 5.93. The molecule has 2 aliphatic heterocycles. The number of carbonyl (C=O) groups is 1. The summed E-state index contributed by atoms with van der Waals surface area (Å²) in [7, 11) is 0. The summed E-state index contributed by atoms with van der Waals surface area (Å²) in [4.78, 5) is 16.4. The number of carbonyl (C=O) groups excluding carboxylic acids is 1. The largest absolute Gasteiger partial charge is 0.494 e. The predicted octanol–water partition coefficient (Wildman–Crippen LogP) is 5.91. The number of morpholine rings is 1. The maximum atomic E-state index is 14.0. The maximum absolute atomic E-state index is 14.0. The zero-order chi connectivity index (χ0) is 32.1. The molecule has 0 saturated carbocycles. The second-order valence-electron chi connectivity index (χ2n) is 12.7. The van der Waals surface area contributed by atoms with Crippen LogP contribution in [0.2, 0.25) is 0 Å². The van der Waals surface area contributed by atoms with Crippen LogP contribution >= 0.6 is 0 Å². The van der Waals surface area contributed by atoms with Crippen molar-refractivity contribution >= 4 is 16.6 Å². The molecular weight excluding hydrogens is 588 g/mol. The Balaban J connectivity index is 1.08. The number of hydrogen-bond donors (Lipinski definition) is 1. The Morgan fingerprint density at radius 1 is 0.787 bits per heavy atom. The van der Waals surface area contributed by atoms with Gasteiger partial charge in [-0.2, -0.15) is 0 Å². The van der Waals surface area contributed by atoms with Gasteiger partial charge in [-0.1, -0.05) is 84.9 Å². The van der Waals surface area contributed by atoms with E-state index in [0.717, 1.165) is 57.1 Å². The Morgan fingerprint density at radius 2 is 1.57 bits per heavy atom. The molecule has 2 saturated heterocycles. The van der Waals surface area contributed by atoms with Crippen LogP contribution in [0.15, 0.2) is 97.1 Å². The molecule has 0 aromatic heterocycles. The molecule has 0 spiro atoms. The van der Waals surface area contributed by atoms with E-state index in [2.05, 4.69) is 64.8 Å². The number of Topliss-reactive ketones (excluding diaryl/α,β-unsaturated/α-hetero) is 1. The summed E-state index contributed by atoms with van der Waals surface area (Å²) in [6, 6.07) is 33.3. The number of ether oxygens (including phenoxy) is 4.